The number of carbonyl (C=O) groups excluding carboxylic acids is 2. The van der Waals surface area contributed by atoms with Crippen LogP contribution in [0.4, 0.5) is 5.69 Å². The Morgan fingerprint density at radius 3 is 2.34 bits per heavy atom. The van der Waals surface area contributed by atoms with E-state index in [0.29, 0.717) is 34.0 Å². The van der Waals surface area contributed by atoms with E-state index in [0.717, 1.165) is 5.56 Å². The molecule has 0 saturated heterocycles. The molecule has 0 aliphatic carbocycles. The monoisotopic (exact) mass is 427 g/mol. The average molecular weight is 427 g/mol. The van der Waals surface area contributed by atoms with E-state index in [1.807, 2.05) is 31.2 Å². The number of anilines is 1. The Kier molecular flexibility index (Phi) is 6.03. The van der Waals surface area contributed by atoms with E-state index in [4.69, 9.17) is 4.74 Å². The van der Waals surface area contributed by atoms with Gasteiger partial charge in [0, 0.05) is 16.7 Å². The fourth-order valence-electron chi connectivity index (χ4n) is 3.10. The summed E-state index contributed by atoms with van der Waals surface area (Å²) in [6.07, 6.45) is 0. The van der Waals surface area contributed by atoms with E-state index >= 15 is 0 Å². The second-order valence-electron chi connectivity index (χ2n) is 7.16. The number of ether oxygens (including phenoxy) is 1. The van der Waals surface area contributed by atoms with Gasteiger partial charge in [-0.1, -0.05) is 29.8 Å². The summed E-state index contributed by atoms with van der Waals surface area (Å²) in [7, 11) is 1.57. The van der Waals surface area contributed by atoms with Crippen molar-refractivity contribution in [1.29, 1.82) is 0 Å². The molecule has 8 nitrogen and oxygen atoms in total. The van der Waals surface area contributed by atoms with Crippen molar-refractivity contribution in [1.82, 2.24) is 20.2 Å². The molecule has 0 unspecified atom stereocenters. The molecule has 0 atom stereocenters. The molecule has 0 radical (unpaired) electrons. The first-order valence-corrected chi connectivity index (χ1v) is 9.96. The van der Waals surface area contributed by atoms with Crippen molar-refractivity contribution in [3.8, 4) is 17.1 Å². The lowest BCUT2D eigenvalue weighted by molar-refractivity contribution is 0.0960. The van der Waals surface area contributed by atoms with Crippen molar-refractivity contribution >= 4 is 17.4 Å². The highest BCUT2D eigenvalue weighted by Gasteiger charge is 2.15. The molecule has 1 aromatic heterocycles. The van der Waals surface area contributed by atoms with Gasteiger partial charge < -0.3 is 10.1 Å². The maximum absolute atomic E-state index is 12.6. The number of carbonyl (C=O) groups is 2. The van der Waals surface area contributed by atoms with Crippen LogP contribution in [-0.2, 0) is 6.54 Å². The predicted octanol–water partition coefficient (Wildman–Crippen LogP) is 3.79. The van der Waals surface area contributed by atoms with Crippen LogP contribution in [-0.4, -0.2) is 39.0 Å². The molecule has 1 N–H and O–H groups in total. The van der Waals surface area contributed by atoms with Crippen LogP contribution in [0.1, 0.15) is 26.3 Å². The van der Waals surface area contributed by atoms with E-state index in [2.05, 4.69) is 20.7 Å². The van der Waals surface area contributed by atoms with Crippen molar-refractivity contribution in [3.63, 3.8) is 0 Å². The maximum Gasteiger partial charge on any atom is 0.255 e. The Labute approximate surface area is 184 Å². The number of hydrogen-bond acceptors (Lipinski definition) is 6. The molecule has 32 heavy (non-hydrogen) atoms. The Morgan fingerprint density at radius 2 is 1.62 bits per heavy atom. The van der Waals surface area contributed by atoms with E-state index in [1.54, 1.807) is 55.6 Å². The fourth-order valence-corrected chi connectivity index (χ4v) is 3.10. The van der Waals surface area contributed by atoms with Crippen molar-refractivity contribution in [3.05, 3.63) is 89.5 Å². The number of rotatable bonds is 7. The molecule has 8 heteroatoms. The van der Waals surface area contributed by atoms with Crippen LogP contribution in [0.25, 0.3) is 11.4 Å². The molecule has 4 rings (SSSR count). The van der Waals surface area contributed by atoms with Gasteiger partial charge in [-0.25, -0.2) is 0 Å². The van der Waals surface area contributed by atoms with Crippen molar-refractivity contribution in [2.75, 3.05) is 12.4 Å². The van der Waals surface area contributed by atoms with Gasteiger partial charge in [-0.05, 0) is 60.7 Å². The van der Waals surface area contributed by atoms with Crippen LogP contribution in [0.2, 0.25) is 0 Å². The van der Waals surface area contributed by atoms with Crippen molar-refractivity contribution in [2.45, 2.75) is 13.5 Å². The van der Waals surface area contributed by atoms with Gasteiger partial charge in [0.25, 0.3) is 5.91 Å². The zero-order valence-electron chi connectivity index (χ0n) is 17.6. The average Bonchev–Trinajstić information content (AvgIpc) is 3.28. The zero-order valence-corrected chi connectivity index (χ0v) is 17.6. The number of tetrazole rings is 1. The quantitative estimate of drug-likeness (QED) is 0.451. The summed E-state index contributed by atoms with van der Waals surface area (Å²) in [4.78, 5) is 26.4. The summed E-state index contributed by atoms with van der Waals surface area (Å²) in [6.45, 7) is 1.91. The molecule has 1 heterocycles. The largest absolute Gasteiger partial charge is 0.497 e. The van der Waals surface area contributed by atoms with Crippen LogP contribution in [0.5, 0.6) is 5.75 Å². The van der Waals surface area contributed by atoms with Gasteiger partial charge >= 0.3 is 0 Å². The maximum atomic E-state index is 12.6. The molecule has 0 bridgehead atoms. The molecule has 160 valence electrons. The Hall–Kier alpha value is -4.33. The summed E-state index contributed by atoms with van der Waals surface area (Å²) in [5, 5.41) is 15.3. The lowest BCUT2D eigenvalue weighted by Crippen LogP contribution is -2.13. The molecule has 1 amide bonds. The van der Waals surface area contributed by atoms with Crippen LogP contribution < -0.4 is 10.1 Å². The van der Waals surface area contributed by atoms with Crippen LogP contribution in [0.3, 0.4) is 0 Å². The number of aryl methyl sites for hydroxylation is 1. The third-order valence-electron chi connectivity index (χ3n) is 4.88. The summed E-state index contributed by atoms with van der Waals surface area (Å²) >= 11 is 0. The lowest BCUT2D eigenvalue weighted by atomic mass is 10.1. The Balaban J connectivity index is 1.50. The molecular formula is C24H21N5O3. The van der Waals surface area contributed by atoms with Gasteiger partial charge in [0.2, 0.25) is 5.82 Å². The minimum atomic E-state index is -0.237. The minimum Gasteiger partial charge on any atom is -0.497 e. The van der Waals surface area contributed by atoms with Gasteiger partial charge in [-0.3, -0.25) is 9.59 Å². The van der Waals surface area contributed by atoms with Crippen LogP contribution in [0, 0.1) is 6.92 Å². The Bertz CT molecular complexity index is 1250. The third-order valence-corrected chi connectivity index (χ3v) is 4.88. The summed E-state index contributed by atoms with van der Waals surface area (Å²) in [6, 6.07) is 21.3. The number of amides is 1. The zero-order chi connectivity index (χ0) is 22.5. The predicted molar refractivity (Wildman–Crippen MR) is 120 cm³/mol. The second kappa shape index (κ2) is 9.22. The first-order chi connectivity index (χ1) is 15.5. The molecule has 0 saturated carbocycles. The lowest BCUT2D eigenvalue weighted by Gasteiger charge is -2.09. The highest BCUT2D eigenvalue weighted by molar-refractivity contribution is 6.06. The minimum absolute atomic E-state index is 0.0583. The number of methoxy groups -OCH3 is 1. The highest BCUT2D eigenvalue weighted by atomic mass is 16.5. The number of Topliss-reactive ketones (excluding diaryl/α,β-unsaturated/α-hetero) is 1. The number of aromatic nitrogens is 4. The van der Waals surface area contributed by atoms with Gasteiger partial charge in [-0.15, -0.1) is 10.2 Å². The summed E-state index contributed by atoms with van der Waals surface area (Å²) < 4.78 is 5.11. The van der Waals surface area contributed by atoms with E-state index in [9.17, 15) is 9.59 Å². The van der Waals surface area contributed by atoms with E-state index in [-0.39, 0.29) is 18.2 Å². The molecule has 0 aliphatic heterocycles. The fraction of sp³-hybridized carbons (Fsp3) is 0.125. The van der Waals surface area contributed by atoms with E-state index < -0.39 is 0 Å². The highest BCUT2D eigenvalue weighted by Crippen LogP contribution is 2.25. The van der Waals surface area contributed by atoms with Crippen LogP contribution in [0.15, 0.2) is 72.8 Å². The van der Waals surface area contributed by atoms with E-state index in [1.165, 1.54) is 4.80 Å². The normalized spacial score (nSPS) is 10.6. The molecule has 0 aliphatic rings. The van der Waals surface area contributed by atoms with Crippen molar-refractivity contribution < 1.29 is 14.3 Å². The SMILES string of the molecule is COc1ccc(C(=O)Cn2nnc(-c3ccccc3NC(=O)c3ccc(C)cc3)n2)cc1. The Morgan fingerprint density at radius 1 is 0.938 bits per heavy atom. The molecule has 0 spiro atoms. The number of benzene rings is 3. The summed E-state index contributed by atoms with van der Waals surface area (Å²) in [5.41, 5.74) is 3.31. The second-order valence-corrected chi connectivity index (χ2v) is 7.16. The summed E-state index contributed by atoms with van der Waals surface area (Å²) in [5.74, 6) is 0.594. The number of nitrogens with zero attached hydrogens (tertiary/aromatic N) is 4. The topological polar surface area (TPSA) is 99.0 Å². The molecule has 4 aromatic rings. The number of ketones is 1. The van der Waals surface area contributed by atoms with Gasteiger partial charge in [0.05, 0.1) is 12.8 Å². The smallest absolute Gasteiger partial charge is 0.255 e. The van der Waals surface area contributed by atoms with Gasteiger partial charge in [-0.2, -0.15) is 4.80 Å². The van der Waals surface area contributed by atoms with Crippen molar-refractivity contribution in [2.24, 2.45) is 0 Å². The molecule has 3 aromatic carbocycles. The molecular weight excluding hydrogens is 406 g/mol. The molecule has 0 fully saturated rings. The van der Waals surface area contributed by atoms with Crippen LogP contribution >= 0.6 is 0 Å². The first-order valence-electron chi connectivity index (χ1n) is 9.96. The number of nitrogens with one attached hydrogen (secondary N) is 1. The number of hydrogen-bond donors (Lipinski definition) is 1. The standard InChI is InChI=1S/C24H21N5O3/c1-16-7-9-18(10-8-16)24(31)25-21-6-4-3-5-20(21)23-26-28-29(27-23)15-22(30)17-11-13-19(32-2)14-12-17/h3-14H,15H2,1-2H3,(H,25,31). The third kappa shape index (κ3) is 4.70. The van der Waals surface area contributed by atoms with Gasteiger partial charge in [0.15, 0.2) is 5.78 Å². The van der Waals surface area contributed by atoms with Gasteiger partial charge in [0.1, 0.15) is 12.3 Å². The number of para-hydroxylation sites is 1. The first kappa shape index (κ1) is 20.9.